The number of carbonyl (C=O) groups is 1. The summed E-state index contributed by atoms with van der Waals surface area (Å²) in [5.41, 5.74) is 1.68. The Kier molecular flexibility index (Phi) is 6.57. The van der Waals surface area contributed by atoms with Crippen molar-refractivity contribution in [3.05, 3.63) is 60.4 Å². The molecule has 0 fully saturated rings. The largest absolute Gasteiger partial charge is 0.477 e. The number of rotatable bonds is 9. The zero-order valence-corrected chi connectivity index (χ0v) is 15.5. The minimum Gasteiger partial charge on any atom is -0.477 e. The summed E-state index contributed by atoms with van der Waals surface area (Å²) in [5.74, 6) is 0.420. The molecule has 6 heteroatoms. The fourth-order valence-electron chi connectivity index (χ4n) is 2.66. The molecule has 0 unspecified atom stereocenters. The summed E-state index contributed by atoms with van der Waals surface area (Å²) in [5, 5.41) is 8.04. The van der Waals surface area contributed by atoms with E-state index >= 15 is 0 Å². The van der Waals surface area contributed by atoms with Crippen LogP contribution in [0.1, 0.15) is 25.3 Å². The number of hydrogen-bond acceptors (Lipinski definition) is 4. The average molecular weight is 364 g/mol. The smallest absolute Gasteiger partial charge is 0.244 e. The van der Waals surface area contributed by atoms with Crippen molar-refractivity contribution in [2.24, 2.45) is 0 Å². The zero-order valence-electron chi connectivity index (χ0n) is 15.5. The van der Waals surface area contributed by atoms with Crippen LogP contribution in [0.25, 0.3) is 17.0 Å². The van der Waals surface area contributed by atoms with Gasteiger partial charge in [-0.05, 0) is 37.1 Å². The molecule has 27 heavy (non-hydrogen) atoms. The highest BCUT2D eigenvalue weighted by Crippen LogP contribution is 2.23. The van der Waals surface area contributed by atoms with E-state index in [-0.39, 0.29) is 5.91 Å². The van der Waals surface area contributed by atoms with Gasteiger partial charge in [-0.2, -0.15) is 5.10 Å². The summed E-state index contributed by atoms with van der Waals surface area (Å²) >= 11 is 0. The third-order valence-corrected chi connectivity index (χ3v) is 4.00. The Balaban J connectivity index is 1.61. The van der Waals surface area contributed by atoms with E-state index in [1.165, 1.54) is 6.08 Å². The Hall–Kier alpha value is -3.15. The fraction of sp³-hybridized carbons (Fsp3) is 0.286. The number of aryl methyl sites for hydroxylation is 1. The Morgan fingerprint density at radius 1 is 1.30 bits per heavy atom. The molecule has 2 heterocycles. The maximum atomic E-state index is 12.1. The van der Waals surface area contributed by atoms with Crippen molar-refractivity contribution in [2.45, 2.75) is 26.3 Å². The second-order valence-corrected chi connectivity index (χ2v) is 6.17. The lowest BCUT2D eigenvalue weighted by Crippen LogP contribution is -2.23. The van der Waals surface area contributed by atoms with Gasteiger partial charge in [0.2, 0.25) is 11.8 Å². The normalized spacial score (nSPS) is 11.1. The lowest BCUT2D eigenvalue weighted by Gasteiger charge is -2.09. The van der Waals surface area contributed by atoms with E-state index in [0.717, 1.165) is 35.9 Å². The van der Waals surface area contributed by atoms with Crippen LogP contribution in [0.2, 0.25) is 0 Å². The summed E-state index contributed by atoms with van der Waals surface area (Å²) in [4.78, 5) is 16.7. The molecule has 0 aliphatic rings. The van der Waals surface area contributed by atoms with Gasteiger partial charge in [0.05, 0.1) is 12.1 Å². The lowest BCUT2D eigenvalue weighted by molar-refractivity contribution is -0.116. The first kappa shape index (κ1) is 18.6. The van der Waals surface area contributed by atoms with Crippen LogP contribution < -0.4 is 10.1 Å². The van der Waals surface area contributed by atoms with Gasteiger partial charge in [0.1, 0.15) is 0 Å². The van der Waals surface area contributed by atoms with Crippen LogP contribution in [0.15, 0.2) is 54.9 Å². The number of carbonyl (C=O) groups excluding carboxylic acids is 1. The van der Waals surface area contributed by atoms with Crippen LogP contribution in [0, 0.1) is 0 Å². The molecule has 6 nitrogen and oxygen atoms in total. The van der Waals surface area contributed by atoms with E-state index in [9.17, 15) is 4.79 Å². The molecule has 1 amide bonds. The first-order valence-electron chi connectivity index (χ1n) is 9.22. The van der Waals surface area contributed by atoms with Crippen LogP contribution in [0.5, 0.6) is 5.88 Å². The number of hydrogen-bond donors (Lipinski definition) is 1. The van der Waals surface area contributed by atoms with Gasteiger partial charge in [-0.3, -0.25) is 9.48 Å². The number of amides is 1. The molecule has 0 bridgehead atoms. The van der Waals surface area contributed by atoms with Gasteiger partial charge in [0.15, 0.2) is 0 Å². The van der Waals surface area contributed by atoms with Crippen molar-refractivity contribution in [3.8, 4) is 5.88 Å². The monoisotopic (exact) mass is 364 g/mol. The summed E-state index contributed by atoms with van der Waals surface area (Å²) in [6.45, 7) is 4.01. The van der Waals surface area contributed by atoms with Gasteiger partial charge in [-0.1, -0.05) is 25.1 Å². The van der Waals surface area contributed by atoms with Crippen LogP contribution in [-0.2, 0) is 11.3 Å². The van der Waals surface area contributed by atoms with Crippen molar-refractivity contribution in [2.75, 3.05) is 13.2 Å². The topological polar surface area (TPSA) is 69.0 Å². The van der Waals surface area contributed by atoms with Gasteiger partial charge in [-0.15, -0.1) is 0 Å². The van der Waals surface area contributed by atoms with Crippen LogP contribution >= 0.6 is 0 Å². The molecule has 0 saturated heterocycles. The fourth-order valence-corrected chi connectivity index (χ4v) is 2.66. The number of nitrogens with zero attached hydrogens (tertiary/aromatic N) is 3. The van der Waals surface area contributed by atoms with E-state index < -0.39 is 0 Å². The van der Waals surface area contributed by atoms with Gasteiger partial charge in [-0.25, -0.2) is 4.98 Å². The van der Waals surface area contributed by atoms with Crippen molar-refractivity contribution in [1.29, 1.82) is 0 Å². The van der Waals surface area contributed by atoms with Crippen molar-refractivity contribution < 1.29 is 9.53 Å². The number of aromatic nitrogens is 3. The highest BCUT2D eigenvalue weighted by atomic mass is 16.5. The zero-order chi connectivity index (χ0) is 18.9. The number of nitrogens with one attached hydrogen (secondary N) is 1. The Morgan fingerprint density at radius 3 is 3.00 bits per heavy atom. The van der Waals surface area contributed by atoms with Gasteiger partial charge in [0, 0.05) is 42.5 Å². The van der Waals surface area contributed by atoms with Crippen molar-refractivity contribution in [3.63, 3.8) is 0 Å². The van der Waals surface area contributed by atoms with E-state index in [4.69, 9.17) is 4.74 Å². The summed E-state index contributed by atoms with van der Waals surface area (Å²) < 4.78 is 7.61. The summed E-state index contributed by atoms with van der Waals surface area (Å²) in [6, 6.07) is 11.8. The molecule has 3 rings (SSSR count). The number of benzene rings is 1. The lowest BCUT2D eigenvalue weighted by atomic mass is 10.1. The van der Waals surface area contributed by atoms with Gasteiger partial charge >= 0.3 is 0 Å². The molecule has 0 saturated carbocycles. The molecule has 2 aromatic heterocycles. The maximum absolute atomic E-state index is 12.1. The van der Waals surface area contributed by atoms with E-state index in [1.807, 2.05) is 54.2 Å². The van der Waals surface area contributed by atoms with Gasteiger partial charge in [0.25, 0.3) is 0 Å². The minimum atomic E-state index is -0.134. The molecular weight excluding hydrogens is 340 g/mol. The molecule has 0 aliphatic carbocycles. The summed E-state index contributed by atoms with van der Waals surface area (Å²) in [7, 11) is 0. The van der Waals surface area contributed by atoms with Crippen LogP contribution in [0.3, 0.4) is 0 Å². The SMILES string of the molecule is CCCOc1nc2ccccc2cc1/C=C/C(=O)NCCCn1cccn1. The average Bonchev–Trinajstić information content (AvgIpc) is 3.21. The molecule has 0 radical (unpaired) electrons. The first-order valence-corrected chi connectivity index (χ1v) is 9.22. The maximum Gasteiger partial charge on any atom is 0.244 e. The van der Waals surface area contributed by atoms with Crippen molar-refractivity contribution >= 4 is 22.9 Å². The standard InChI is InChI=1S/C21H24N4O2/c1-2-15-27-21-18(16-17-7-3-4-8-19(17)24-21)9-10-20(26)22-11-5-13-25-14-6-12-23-25/h3-4,6-10,12,14,16H,2,5,11,13,15H2,1H3,(H,22,26)/b10-9+. The minimum absolute atomic E-state index is 0.134. The molecular formula is C21H24N4O2. The quantitative estimate of drug-likeness (QED) is 0.466. The van der Waals surface area contributed by atoms with E-state index in [1.54, 1.807) is 12.3 Å². The Morgan fingerprint density at radius 2 is 2.19 bits per heavy atom. The number of pyridine rings is 1. The Labute approximate surface area is 158 Å². The predicted molar refractivity (Wildman–Crippen MR) is 106 cm³/mol. The first-order chi connectivity index (χ1) is 13.3. The molecule has 0 aliphatic heterocycles. The Bertz CT molecular complexity index is 904. The molecule has 0 spiro atoms. The summed E-state index contributed by atoms with van der Waals surface area (Å²) in [6.07, 6.45) is 8.66. The third kappa shape index (κ3) is 5.41. The number of para-hydroxylation sites is 1. The number of ether oxygens (including phenoxy) is 1. The second-order valence-electron chi connectivity index (χ2n) is 6.17. The van der Waals surface area contributed by atoms with Crippen LogP contribution in [-0.4, -0.2) is 33.8 Å². The van der Waals surface area contributed by atoms with Crippen molar-refractivity contribution in [1.82, 2.24) is 20.1 Å². The highest BCUT2D eigenvalue weighted by molar-refractivity contribution is 5.93. The highest BCUT2D eigenvalue weighted by Gasteiger charge is 2.06. The molecule has 1 aromatic carbocycles. The predicted octanol–water partition coefficient (Wildman–Crippen LogP) is 3.44. The van der Waals surface area contributed by atoms with Crippen LogP contribution in [0.4, 0.5) is 0 Å². The molecule has 1 N–H and O–H groups in total. The molecule has 3 aromatic rings. The second kappa shape index (κ2) is 9.52. The van der Waals surface area contributed by atoms with Gasteiger partial charge < -0.3 is 10.1 Å². The number of fused-ring (bicyclic) bond motifs is 1. The van der Waals surface area contributed by atoms with E-state index in [2.05, 4.69) is 15.4 Å². The molecule has 0 atom stereocenters. The molecule has 140 valence electrons. The van der Waals surface area contributed by atoms with E-state index in [0.29, 0.717) is 19.0 Å². The third-order valence-electron chi connectivity index (χ3n) is 4.00.